The van der Waals surface area contributed by atoms with Crippen LogP contribution in [0.4, 0.5) is 0 Å². The molecule has 5 heteroatoms. The van der Waals surface area contributed by atoms with Crippen molar-refractivity contribution in [3.05, 3.63) is 48.0 Å². The van der Waals surface area contributed by atoms with Gasteiger partial charge in [0.1, 0.15) is 0 Å². The molecular formula is C19H22N2O3. The summed E-state index contributed by atoms with van der Waals surface area (Å²) in [5.41, 5.74) is 0.495. The Morgan fingerprint density at radius 1 is 0.958 bits per heavy atom. The van der Waals surface area contributed by atoms with E-state index in [1.807, 2.05) is 38.4 Å². The van der Waals surface area contributed by atoms with Gasteiger partial charge in [0.25, 0.3) is 5.91 Å². The van der Waals surface area contributed by atoms with Crippen LogP contribution < -0.4 is 14.8 Å². The Labute approximate surface area is 142 Å². The van der Waals surface area contributed by atoms with Crippen LogP contribution in [0.1, 0.15) is 23.2 Å². The van der Waals surface area contributed by atoms with Gasteiger partial charge in [-0.2, -0.15) is 0 Å². The lowest BCUT2D eigenvalue weighted by molar-refractivity contribution is 0.0949. The first kappa shape index (κ1) is 16.3. The Kier molecular flexibility index (Phi) is 5.01. The Bertz CT molecular complexity index is 728. The van der Waals surface area contributed by atoms with E-state index in [-0.39, 0.29) is 5.91 Å². The van der Waals surface area contributed by atoms with Gasteiger partial charge in [-0.05, 0) is 57.7 Å². The minimum absolute atomic E-state index is 0.139. The Morgan fingerprint density at radius 3 is 2.42 bits per heavy atom. The largest absolute Gasteiger partial charge is 0.449 e. The van der Waals surface area contributed by atoms with Gasteiger partial charge in [0.2, 0.25) is 0 Å². The summed E-state index contributed by atoms with van der Waals surface area (Å²) < 4.78 is 11.7. The third-order valence-electron chi connectivity index (χ3n) is 3.82. The fourth-order valence-electron chi connectivity index (χ4n) is 2.58. The normalized spacial score (nSPS) is 12.0. The average molecular weight is 326 g/mol. The molecule has 0 radical (unpaired) electrons. The van der Waals surface area contributed by atoms with Crippen LogP contribution in [0.25, 0.3) is 0 Å². The second-order valence-electron chi connectivity index (χ2n) is 6.05. The van der Waals surface area contributed by atoms with Crippen molar-refractivity contribution < 1.29 is 14.3 Å². The van der Waals surface area contributed by atoms with Crippen LogP contribution in [0.5, 0.6) is 23.0 Å². The number of hydrogen-bond acceptors (Lipinski definition) is 4. The second-order valence-corrected chi connectivity index (χ2v) is 6.05. The maximum atomic E-state index is 12.5. The molecule has 1 aliphatic heterocycles. The molecule has 5 nitrogen and oxygen atoms in total. The third kappa shape index (κ3) is 3.68. The van der Waals surface area contributed by atoms with E-state index in [4.69, 9.17) is 9.47 Å². The minimum Gasteiger partial charge on any atom is -0.449 e. The van der Waals surface area contributed by atoms with Gasteiger partial charge in [0, 0.05) is 6.54 Å². The number of carbonyl (C=O) groups is 1. The summed E-state index contributed by atoms with van der Waals surface area (Å²) in [7, 11) is 4.09. The monoisotopic (exact) mass is 326 g/mol. The molecule has 24 heavy (non-hydrogen) atoms. The van der Waals surface area contributed by atoms with E-state index in [9.17, 15) is 4.79 Å². The number of fused-ring (bicyclic) bond motifs is 2. The average Bonchev–Trinajstić information content (AvgIpc) is 2.58. The Balaban J connectivity index is 1.66. The number of ether oxygens (including phenoxy) is 2. The highest BCUT2D eigenvalue weighted by Crippen LogP contribution is 2.46. The van der Waals surface area contributed by atoms with Crippen molar-refractivity contribution in [3.8, 4) is 23.0 Å². The fraction of sp³-hybridized carbons (Fsp3) is 0.316. The summed E-state index contributed by atoms with van der Waals surface area (Å²) in [4.78, 5) is 14.6. The Morgan fingerprint density at radius 2 is 1.67 bits per heavy atom. The summed E-state index contributed by atoms with van der Waals surface area (Å²) >= 11 is 0. The van der Waals surface area contributed by atoms with Crippen LogP contribution >= 0.6 is 0 Å². The number of rotatable bonds is 6. The number of unbranched alkanes of at least 4 members (excludes halogenated alkanes) is 1. The van der Waals surface area contributed by atoms with Crippen molar-refractivity contribution in [3.63, 3.8) is 0 Å². The Hall–Kier alpha value is -2.53. The maximum absolute atomic E-state index is 12.5. The predicted molar refractivity (Wildman–Crippen MR) is 93.2 cm³/mol. The number of para-hydroxylation sites is 3. The van der Waals surface area contributed by atoms with Crippen LogP contribution in [0.15, 0.2) is 42.5 Å². The molecule has 1 heterocycles. The molecule has 0 aromatic heterocycles. The molecule has 0 bridgehead atoms. The number of benzene rings is 2. The summed E-state index contributed by atoms with van der Waals surface area (Å²) in [6, 6.07) is 12.8. The topological polar surface area (TPSA) is 50.8 Å². The smallest absolute Gasteiger partial charge is 0.255 e. The van der Waals surface area contributed by atoms with Crippen molar-refractivity contribution in [1.29, 1.82) is 0 Å². The highest BCUT2D eigenvalue weighted by molar-refractivity contribution is 5.98. The molecule has 2 aromatic rings. The lowest BCUT2D eigenvalue weighted by atomic mass is 10.1. The highest BCUT2D eigenvalue weighted by atomic mass is 16.6. The van der Waals surface area contributed by atoms with E-state index in [0.717, 1.165) is 19.4 Å². The molecule has 126 valence electrons. The number of amides is 1. The van der Waals surface area contributed by atoms with Gasteiger partial charge in [0.15, 0.2) is 23.0 Å². The van der Waals surface area contributed by atoms with E-state index in [0.29, 0.717) is 35.1 Å². The van der Waals surface area contributed by atoms with Crippen molar-refractivity contribution in [2.24, 2.45) is 0 Å². The first-order valence-electron chi connectivity index (χ1n) is 8.16. The van der Waals surface area contributed by atoms with Gasteiger partial charge in [-0.1, -0.05) is 18.2 Å². The molecule has 0 saturated carbocycles. The van der Waals surface area contributed by atoms with Crippen molar-refractivity contribution in [2.75, 3.05) is 27.2 Å². The molecule has 0 unspecified atom stereocenters. The zero-order valence-electron chi connectivity index (χ0n) is 14.0. The summed E-state index contributed by atoms with van der Waals surface area (Å²) in [5, 5.41) is 2.95. The lowest BCUT2D eigenvalue weighted by Crippen LogP contribution is -2.26. The third-order valence-corrected chi connectivity index (χ3v) is 3.82. The zero-order valence-corrected chi connectivity index (χ0v) is 14.0. The van der Waals surface area contributed by atoms with Crippen molar-refractivity contribution >= 4 is 5.91 Å². The molecule has 0 atom stereocenters. The van der Waals surface area contributed by atoms with E-state index in [2.05, 4.69) is 10.2 Å². The van der Waals surface area contributed by atoms with Crippen molar-refractivity contribution in [2.45, 2.75) is 12.8 Å². The molecule has 1 N–H and O–H groups in total. The van der Waals surface area contributed by atoms with Crippen LogP contribution in [0.2, 0.25) is 0 Å². The van der Waals surface area contributed by atoms with Gasteiger partial charge in [-0.3, -0.25) is 4.79 Å². The van der Waals surface area contributed by atoms with E-state index in [1.54, 1.807) is 18.2 Å². The van der Waals surface area contributed by atoms with Gasteiger partial charge >= 0.3 is 0 Å². The van der Waals surface area contributed by atoms with Gasteiger partial charge in [-0.15, -0.1) is 0 Å². The fourth-order valence-corrected chi connectivity index (χ4v) is 2.58. The molecular weight excluding hydrogens is 304 g/mol. The summed E-state index contributed by atoms with van der Waals surface area (Å²) in [6.07, 6.45) is 1.99. The first-order valence-corrected chi connectivity index (χ1v) is 8.16. The minimum atomic E-state index is -0.139. The predicted octanol–water partition coefficient (Wildman–Crippen LogP) is 3.66. The zero-order chi connectivity index (χ0) is 16.9. The van der Waals surface area contributed by atoms with Gasteiger partial charge in [0.05, 0.1) is 5.56 Å². The SMILES string of the molecule is CN(C)CCCCNC(=O)c1cccc2c1Oc1ccccc1O2. The van der Waals surface area contributed by atoms with Crippen molar-refractivity contribution in [1.82, 2.24) is 10.2 Å². The molecule has 0 aliphatic carbocycles. The number of carbonyl (C=O) groups excluding carboxylic acids is 1. The lowest BCUT2D eigenvalue weighted by Gasteiger charge is -2.22. The molecule has 3 rings (SSSR count). The van der Waals surface area contributed by atoms with Crippen LogP contribution in [-0.4, -0.2) is 38.0 Å². The molecule has 0 spiro atoms. The van der Waals surface area contributed by atoms with Gasteiger partial charge < -0.3 is 19.7 Å². The second kappa shape index (κ2) is 7.36. The van der Waals surface area contributed by atoms with E-state index >= 15 is 0 Å². The van der Waals surface area contributed by atoms with E-state index in [1.165, 1.54) is 0 Å². The number of nitrogens with zero attached hydrogens (tertiary/aromatic N) is 1. The maximum Gasteiger partial charge on any atom is 0.255 e. The highest BCUT2D eigenvalue weighted by Gasteiger charge is 2.23. The molecule has 0 saturated heterocycles. The quantitative estimate of drug-likeness (QED) is 0.703. The summed E-state index contributed by atoms with van der Waals surface area (Å²) in [5.74, 6) is 2.18. The molecule has 1 amide bonds. The van der Waals surface area contributed by atoms with Gasteiger partial charge in [-0.25, -0.2) is 0 Å². The van der Waals surface area contributed by atoms with E-state index < -0.39 is 0 Å². The first-order chi connectivity index (χ1) is 11.6. The standard InChI is InChI=1S/C19H22N2O3/c1-21(2)13-6-5-12-20-19(22)14-8-7-11-17-18(14)24-16-10-4-3-9-15(16)23-17/h3-4,7-11H,5-6,12-13H2,1-2H3,(H,20,22). The molecule has 0 fully saturated rings. The number of nitrogens with one attached hydrogen (secondary N) is 1. The summed E-state index contributed by atoms with van der Waals surface area (Å²) in [6.45, 7) is 1.66. The van der Waals surface area contributed by atoms with Crippen LogP contribution in [0, 0.1) is 0 Å². The molecule has 2 aromatic carbocycles. The van der Waals surface area contributed by atoms with Crippen LogP contribution in [-0.2, 0) is 0 Å². The molecule has 1 aliphatic rings. The van der Waals surface area contributed by atoms with Crippen LogP contribution in [0.3, 0.4) is 0 Å². The number of hydrogen-bond donors (Lipinski definition) is 1.